The minimum absolute atomic E-state index is 0. The van der Waals surface area contributed by atoms with Gasteiger partial charge in [0.05, 0.1) is 42.3 Å². The van der Waals surface area contributed by atoms with Gasteiger partial charge in [0, 0.05) is 0 Å². The summed E-state index contributed by atoms with van der Waals surface area (Å²) in [6.07, 6.45) is 0. The van der Waals surface area contributed by atoms with Crippen LogP contribution in [0.1, 0.15) is 13.8 Å². The highest BCUT2D eigenvalue weighted by Gasteiger charge is 2.33. The Bertz CT molecular complexity index is 129. The standard InChI is InChI=1S/C10H26N2.2ClH/c1-9(11(3,4)5)10(2)12(6,7)8;;/h9-10H,1-8H3;2*1H/q+2;;/p-2. The molecule has 2 atom stereocenters. The van der Waals surface area contributed by atoms with Crippen LogP contribution in [0.4, 0.5) is 0 Å². The minimum atomic E-state index is 0. The van der Waals surface area contributed by atoms with Crippen molar-refractivity contribution in [3.8, 4) is 0 Å². The van der Waals surface area contributed by atoms with Gasteiger partial charge >= 0.3 is 0 Å². The molecule has 14 heavy (non-hydrogen) atoms. The summed E-state index contributed by atoms with van der Waals surface area (Å²) in [6, 6.07) is 1.37. The van der Waals surface area contributed by atoms with Gasteiger partial charge in [-0.2, -0.15) is 0 Å². The molecule has 0 spiro atoms. The molecule has 0 aromatic carbocycles. The molecular formula is C10H26Cl2N2. The molecule has 0 aromatic rings. The van der Waals surface area contributed by atoms with Crippen LogP contribution in [0.2, 0.25) is 0 Å². The van der Waals surface area contributed by atoms with E-state index in [1.165, 1.54) is 0 Å². The molecule has 0 bridgehead atoms. The number of hydrogen-bond acceptors (Lipinski definition) is 0. The van der Waals surface area contributed by atoms with Crippen LogP contribution in [0.25, 0.3) is 0 Å². The van der Waals surface area contributed by atoms with E-state index in [0.717, 1.165) is 8.97 Å². The van der Waals surface area contributed by atoms with Crippen molar-refractivity contribution in [1.82, 2.24) is 0 Å². The van der Waals surface area contributed by atoms with Crippen LogP contribution >= 0.6 is 0 Å². The van der Waals surface area contributed by atoms with Gasteiger partial charge in [0.15, 0.2) is 0 Å². The quantitative estimate of drug-likeness (QED) is 0.438. The van der Waals surface area contributed by atoms with Crippen molar-refractivity contribution in [2.75, 3.05) is 42.3 Å². The first-order valence-electron chi connectivity index (χ1n) is 4.69. The molecule has 0 saturated carbocycles. The second-order valence-corrected chi connectivity index (χ2v) is 5.71. The van der Waals surface area contributed by atoms with Crippen LogP contribution in [0.3, 0.4) is 0 Å². The Kier molecular flexibility index (Phi) is 8.80. The summed E-state index contributed by atoms with van der Waals surface area (Å²) in [5, 5.41) is 0. The Morgan fingerprint density at radius 1 is 0.571 bits per heavy atom. The van der Waals surface area contributed by atoms with Crippen molar-refractivity contribution in [3.63, 3.8) is 0 Å². The van der Waals surface area contributed by atoms with E-state index >= 15 is 0 Å². The molecule has 0 saturated heterocycles. The maximum Gasteiger partial charge on any atom is 0.138 e. The van der Waals surface area contributed by atoms with E-state index in [1.54, 1.807) is 0 Å². The van der Waals surface area contributed by atoms with E-state index in [4.69, 9.17) is 0 Å². The predicted octanol–water partition coefficient (Wildman–Crippen LogP) is -4.82. The maximum absolute atomic E-state index is 2.33. The largest absolute Gasteiger partial charge is 1.00 e. The summed E-state index contributed by atoms with van der Waals surface area (Å²) in [5.41, 5.74) is 0. The molecule has 0 rings (SSSR count). The van der Waals surface area contributed by atoms with Gasteiger partial charge in [-0.05, 0) is 13.8 Å². The Balaban J connectivity index is -0.000000605. The van der Waals surface area contributed by atoms with Crippen molar-refractivity contribution in [1.29, 1.82) is 0 Å². The molecule has 0 amide bonds. The fourth-order valence-corrected chi connectivity index (χ4v) is 1.29. The number of quaternary nitrogens is 2. The average Bonchev–Trinajstić information content (AvgIpc) is 1.80. The molecule has 90 valence electrons. The SMILES string of the molecule is CC(C(C)[N+](C)(C)C)[N+](C)(C)C.[Cl-].[Cl-]. The Morgan fingerprint density at radius 3 is 0.786 bits per heavy atom. The van der Waals surface area contributed by atoms with Crippen molar-refractivity contribution in [2.45, 2.75) is 25.9 Å². The van der Waals surface area contributed by atoms with Crippen molar-refractivity contribution in [2.24, 2.45) is 0 Å². The summed E-state index contributed by atoms with van der Waals surface area (Å²) in [4.78, 5) is 0. The molecule has 2 nitrogen and oxygen atoms in total. The first kappa shape index (κ1) is 20.0. The highest BCUT2D eigenvalue weighted by atomic mass is 35.5. The van der Waals surface area contributed by atoms with Gasteiger partial charge in [0.1, 0.15) is 12.1 Å². The summed E-state index contributed by atoms with van der Waals surface area (Å²) in [5.74, 6) is 0. The number of nitrogens with zero attached hydrogens (tertiary/aromatic N) is 2. The second-order valence-electron chi connectivity index (χ2n) is 5.71. The third-order valence-corrected chi connectivity index (χ3v) is 3.14. The zero-order valence-corrected chi connectivity index (χ0v) is 12.3. The monoisotopic (exact) mass is 244 g/mol. The van der Waals surface area contributed by atoms with E-state index in [0.29, 0.717) is 12.1 Å². The zero-order valence-electron chi connectivity index (χ0n) is 10.8. The molecule has 0 radical (unpaired) electrons. The third kappa shape index (κ3) is 6.07. The highest BCUT2D eigenvalue weighted by Crippen LogP contribution is 2.14. The fraction of sp³-hybridized carbons (Fsp3) is 1.00. The zero-order chi connectivity index (χ0) is 10.2. The lowest BCUT2D eigenvalue weighted by molar-refractivity contribution is -0.962. The maximum atomic E-state index is 2.33. The minimum Gasteiger partial charge on any atom is -1.00 e. The molecule has 0 aliphatic heterocycles. The van der Waals surface area contributed by atoms with Gasteiger partial charge in [-0.25, -0.2) is 0 Å². The lowest BCUT2D eigenvalue weighted by Gasteiger charge is -2.41. The smallest absolute Gasteiger partial charge is 0.138 e. The van der Waals surface area contributed by atoms with Crippen LogP contribution in [-0.2, 0) is 0 Å². The summed E-state index contributed by atoms with van der Waals surface area (Å²) < 4.78 is 2.08. The molecule has 0 N–H and O–H groups in total. The van der Waals surface area contributed by atoms with Crippen molar-refractivity contribution >= 4 is 0 Å². The second kappa shape index (κ2) is 6.16. The van der Waals surface area contributed by atoms with Crippen molar-refractivity contribution < 1.29 is 33.8 Å². The lowest BCUT2D eigenvalue weighted by atomic mass is 10.1. The molecule has 4 heteroatoms. The Morgan fingerprint density at radius 2 is 0.714 bits per heavy atom. The lowest BCUT2D eigenvalue weighted by Crippen LogP contribution is -3.00. The van der Waals surface area contributed by atoms with Gasteiger partial charge in [-0.3, -0.25) is 0 Å². The Hall–Kier alpha value is 0.500. The van der Waals surface area contributed by atoms with Gasteiger partial charge in [-0.15, -0.1) is 0 Å². The molecule has 0 fully saturated rings. The van der Waals surface area contributed by atoms with E-state index in [2.05, 4.69) is 56.1 Å². The van der Waals surface area contributed by atoms with E-state index in [9.17, 15) is 0 Å². The van der Waals surface area contributed by atoms with Gasteiger partial charge < -0.3 is 33.8 Å². The predicted molar refractivity (Wildman–Crippen MR) is 55.0 cm³/mol. The van der Waals surface area contributed by atoms with Crippen LogP contribution in [0.15, 0.2) is 0 Å². The molecule has 0 aromatic heterocycles. The van der Waals surface area contributed by atoms with E-state index < -0.39 is 0 Å². The van der Waals surface area contributed by atoms with Crippen molar-refractivity contribution in [3.05, 3.63) is 0 Å². The van der Waals surface area contributed by atoms with Crippen LogP contribution in [0.5, 0.6) is 0 Å². The number of halogens is 2. The van der Waals surface area contributed by atoms with E-state index in [1.807, 2.05) is 0 Å². The summed E-state index contributed by atoms with van der Waals surface area (Å²) in [6.45, 7) is 4.66. The summed E-state index contributed by atoms with van der Waals surface area (Å²) in [7, 11) is 13.6. The molecule has 2 unspecified atom stereocenters. The normalized spacial score (nSPS) is 16.3. The average molecular weight is 245 g/mol. The van der Waals surface area contributed by atoms with Gasteiger partial charge in [-0.1, -0.05) is 0 Å². The van der Waals surface area contributed by atoms with Crippen LogP contribution in [-0.4, -0.2) is 63.3 Å². The first-order valence-corrected chi connectivity index (χ1v) is 4.69. The Labute approximate surface area is 102 Å². The van der Waals surface area contributed by atoms with Gasteiger partial charge in [0.25, 0.3) is 0 Å². The number of rotatable bonds is 3. The molecule has 0 aliphatic carbocycles. The van der Waals surface area contributed by atoms with Crippen LogP contribution < -0.4 is 24.8 Å². The van der Waals surface area contributed by atoms with E-state index in [-0.39, 0.29) is 24.8 Å². The number of likely N-dealkylation sites (N-methyl/N-ethyl adjacent to an activating group) is 2. The molecule has 0 aliphatic rings. The van der Waals surface area contributed by atoms with Gasteiger partial charge in [0.2, 0.25) is 0 Å². The molecular weight excluding hydrogens is 219 g/mol. The summed E-state index contributed by atoms with van der Waals surface area (Å²) >= 11 is 0. The topological polar surface area (TPSA) is 0 Å². The number of hydrogen-bond donors (Lipinski definition) is 0. The highest BCUT2D eigenvalue weighted by molar-refractivity contribution is 4.59. The third-order valence-electron chi connectivity index (χ3n) is 3.14. The molecule has 0 heterocycles. The fourth-order valence-electron chi connectivity index (χ4n) is 1.29. The first-order chi connectivity index (χ1) is 5.07. The van der Waals surface area contributed by atoms with Crippen LogP contribution in [0, 0.1) is 0 Å².